The molecule has 1 heterocycles. The zero-order valence-corrected chi connectivity index (χ0v) is 5.56. The highest BCUT2D eigenvalue weighted by Crippen LogP contribution is 1.97. The van der Waals surface area contributed by atoms with Crippen molar-refractivity contribution in [2.45, 2.75) is 0 Å². The number of nitrogens with two attached hydrogens (primary N) is 2. The van der Waals surface area contributed by atoms with Crippen molar-refractivity contribution in [1.82, 2.24) is 4.68 Å². The van der Waals surface area contributed by atoms with Crippen LogP contribution >= 0.6 is 12.2 Å². The molecule has 0 saturated carbocycles. The van der Waals surface area contributed by atoms with E-state index >= 15 is 0 Å². The second-order valence-corrected chi connectivity index (χ2v) is 2.08. The summed E-state index contributed by atoms with van der Waals surface area (Å²) in [5, 5.41) is 0. The van der Waals surface area contributed by atoms with Crippen molar-refractivity contribution in [2.24, 2.45) is 0 Å². The number of anilines is 1. The van der Waals surface area contributed by atoms with E-state index in [1.54, 1.807) is 18.2 Å². The largest absolute Gasteiger partial charge is 0.384 e. The van der Waals surface area contributed by atoms with Crippen molar-refractivity contribution < 1.29 is 0 Å². The molecule has 0 atom stereocenters. The Balaban J connectivity index is 3.43. The number of hydrogen-bond acceptors (Lipinski definition) is 3. The molecule has 0 spiro atoms. The topological polar surface area (TPSA) is 57.0 Å². The van der Waals surface area contributed by atoms with Crippen LogP contribution in [0.1, 0.15) is 0 Å². The van der Waals surface area contributed by atoms with Gasteiger partial charge in [-0.05, 0) is 12.1 Å². The number of nitrogens with zero attached hydrogens (tertiary/aromatic N) is 1. The van der Waals surface area contributed by atoms with Crippen molar-refractivity contribution in [3.63, 3.8) is 0 Å². The van der Waals surface area contributed by atoms with Gasteiger partial charge in [0, 0.05) is 0 Å². The Bertz CT molecular complexity index is 265. The third-order valence-corrected chi connectivity index (χ3v) is 1.35. The van der Waals surface area contributed by atoms with Gasteiger partial charge in [-0.25, -0.2) is 4.68 Å². The van der Waals surface area contributed by atoms with Crippen molar-refractivity contribution >= 4 is 18.0 Å². The van der Waals surface area contributed by atoms with Crippen molar-refractivity contribution in [3.05, 3.63) is 22.8 Å². The van der Waals surface area contributed by atoms with Crippen LogP contribution in [0.5, 0.6) is 0 Å². The van der Waals surface area contributed by atoms with Gasteiger partial charge < -0.3 is 11.6 Å². The zero-order chi connectivity index (χ0) is 6.85. The van der Waals surface area contributed by atoms with Gasteiger partial charge in [-0.1, -0.05) is 18.3 Å². The third-order valence-electron chi connectivity index (χ3n) is 1.02. The van der Waals surface area contributed by atoms with Crippen molar-refractivity contribution in [2.75, 3.05) is 11.6 Å². The van der Waals surface area contributed by atoms with Crippen LogP contribution in [0.4, 0.5) is 5.82 Å². The molecule has 48 valence electrons. The number of nitrogen functional groups attached to an aromatic ring is 2. The second-order valence-electron chi connectivity index (χ2n) is 1.66. The molecule has 0 unspecified atom stereocenters. The molecule has 0 aliphatic carbocycles. The lowest BCUT2D eigenvalue weighted by molar-refractivity contribution is 0.985. The molecule has 0 radical (unpaired) electrons. The summed E-state index contributed by atoms with van der Waals surface area (Å²) in [4.78, 5) is 0. The molecule has 1 aromatic heterocycles. The van der Waals surface area contributed by atoms with Crippen LogP contribution in [0, 0.1) is 4.64 Å². The lowest BCUT2D eigenvalue weighted by Crippen LogP contribution is -2.14. The Morgan fingerprint density at radius 1 is 1.44 bits per heavy atom. The quantitative estimate of drug-likeness (QED) is 0.409. The highest BCUT2D eigenvalue weighted by atomic mass is 32.1. The first-order valence-corrected chi connectivity index (χ1v) is 2.85. The normalized spacial score (nSPS) is 9.33. The zero-order valence-electron chi connectivity index (χ0n) is 4.74. The molecule has 0 amide bonds. The minimum Gasteiger partial charge on any atom is -0.384 e. The predicted molar refractivity (Wildman–Crippen MR) is 39.8 cm³/mol. The van der Waals surface area contributed by atoms with Crippen LogP contribution < -0.4 is 11.6 Å². The highest BCUT2D eigenvalue weighted by molar-refractivity contribution is 7.71. The first-order chi connectivity index (χ1) is 4.22. The summed E-state index contributed by atoms with van der Waals surface area (Å²) in [5.74, 6) is 5.84. The monoisotopic (exact) mass is 141 g/mol. The summed E-state index contributed by atoms with van der Waals surface area (Å²) in [7, 11) is 0. The van der Waals surface area contributed by atoms with Crippen LogP contribution in [0.3, 0.4) is 0 Å². The van der Waals surface area contributed by atoms with Gasteiger partial charge in [0.05, 0.1) is 0 Å². The fourth-order valence-corrected chi connectivity index (χ4v) is 0.701. The molecule has 0 aliphatic heterocycles. The smallest absolute Gasteiger partial charge is 0.127 e. The van der Waals surface area contributed by atoms with Gasteiger partial charge in [0.15, 0.2) is 0 Å². The van der Waals surface area contributed by atoms with Gasteiger partial charge in [0.25, 0.3) is 0 Å². The van der Waals surface area contributed by atoms with E-state index in [4.69, 9.17) is 23.8 Å². The van der Waals surface area contributed by atoms with Crippen LogP contribution in [0.2, 0.25) is 0 Å². The summed E-state index contributed by atoms with van der Waals surface area (Å²) >= 11 is 4.80. The summed E-state index contributed by atoms with van der Waals surface area (Å²) in [5.41, 5.74) is 5.39. The van der Waals surface area contributed by atoms with Gasteiger partial charge in [-0.15, -0.1) is 0 Å². The molecular weight excluding hydrogens is 134 g/mol. The van der Waals surface area contributed by atoms with E-state index in [-0.39, 0.29) is 0 Å². The molecule has 0 aliphatic rings. The Kier molecular flexibility index (Phi) is 1.40. The van der Waals surface area contributed by atoms with Crippen LogP contribution in [0.15, 0.2) is 18.2 Å². The number of aromatic nitrogens is 1. The Labute approximate surface area is 57.9 Å². The average molecular weight is 141 g/mol. The molecule has 4 N–H and O–H groups in total. The van der Waals surface area contributed by atoms with Crippen LogP contribution in [0.25, 0.3) is 0 Å². The maximum absolute atomic E-state index is 5.39. The maximum Gasteiger partial charge on any atom is 0.127 e. The van der Waals surface area contributed by atoms with Gasteiger partial charge in [-0.3, -0.25) is 0 Å². The van der Waals surface area contributed by atoms with Crippen LogP contribution in [-0.4, -0.2) is 4.68 Å². The lowest BCUT2D eigenvalue weighted by atomic mass is 10.5. The second kappa shape index (κ2) is 2.06. The Hall–Kier alpha value is -1.03. The number of hydrogen-bond donors (Lipinski definition) is 2. The molecule has 1 rings (SSSR count). The van der Waals surface area contributed by atoms with E-state index in [0.29, 0.717) is 10.5 Å². The number of pyridine rings is 1. The molecule has 3 nitrogen and oxygen atoms in total. The van der Waals surface area contributed by atoms with E-state index in [1.807, 2.05) is 0 Å². The maximum atomic E-state index is 5.39. The highest BCUT2D eigenvalue weighted by Gasteiger charge is 1.87. The molecule has 9 heavy (non-hydrogen) atoms. The Morgan fingerprint density at radius 2 is 2.11 bits per heavy atom. The minimum absolute atomic E-state index is 0.475. The Morgan fingerprint density at radius 3 is 2.56 bits per heavy atom. The fraction of sp³-hybridized carbons (Fsp3) is 0. The van der Waals surface area contributed by atoms with Gasteiger partial charge in [-0.2, -0.15) is 0 Å². The molecule has 0 bridgehead atoms. The van der Waals surface area contributed by atoms with Crippen molar-refractivity contribution in [3.8, 4) is 0 Å². The van der Waals surface area contributed by atoms with Gasteiger partial charge in [0.1, 0.15) is 10.5 Å². The molecule has 4 heteroatoms. The van der Waals surface area contributed by atoms with E-state index in [9.17, 15) is 0 Å². The molecule has 0 aromatic carbocycles. The summed E-state index contributed by atoms with van der Waals surface area (Å²) in [6.45, 7) is 0. The summed E-state index contributed by atoms with van der Waals surface area (Å²) in [6, 6.07) is 5.17. The number of rotatable bonds is 0. The van der Waals surface area contributed by atoms with E-state index in [0.717, 1.165) is 0 Å². The molecule has 1 aromatic rings. The predicted octanol–water partition coefficient (Wildman–Crippen LogP) is 0.514. The van der Waals surface area contributed by atoms with Gasteiger partial charge in [0.2, 0.25) is 0 Å². The average Bonchev–Trinajstić information content (AvgIpc) is 1.83. The first-order valence-electron chi connectivity index (χ1n) is 2.44. The fourth-order valence-electron chi connectivity index (χ4n) is 0.517. The van der Waals surface area contributed by atoms with Crippen molar-refractivity contribution in [1.29, 1.82) is 0 Å². The van der Waals surface area contributed by atoms with E-state index in [2.05, 4.69) is 0 Å². The lowest BCUT2D eigenvalue weighted by Gasteiger charge is -2.00. The van der Waals surface area contributed by atoms with Gasteiger partial charge >= 0.3 is 0 Å². The molecule has 0 fully saturated rings. The third kappa shape index (κ3) is 1.02. The van der Waals surface area contributed by atoms with E-state index < -0.39 is 0 Å². The SMILES string of the molecule is Nc1cccc(=S)n1N. The summed E-state index contributed by atoms with van der Waals surface area (Å²) in [6.07, 6.45) is 0. The first kappa shape index (κ1) is 6.10. The van der Waals surface area contributed by atoms with E-state index in [1.165, 1.54) is 4.68 Å². The molecular formula is C5H7N3S. The van der Waals surface area contributed by atoms with Crippen LogP contribution in [-0.2, 0) is 0 Å². The summed E-state index contributed by atoms with van der Waals surface area (Å²) < 4.78 is 1.80. The molecule has 0 saturated heterocycles. The minimum atomic E-state index is 0.475. The standard InChI is InChI=1S/C5H7N3S/c6-4-2-1-3-5(9)8(4)7/h1-3H,6-7H2.